The summed E-state index contributed by atoms with van der Waals surface area (Å²) >= 11 is 0. The fraction of sp³-hybridized carbons (Fsp3) is 0.647. The molecular formula is C17H27NO2. The van der Waals surface area contributed by atoms with Gasteiger partial charge in [0.2, 0.25) is 0 Å². The highest BCUT2D eigenvalue weighted by Crippen LogP contribution is 2.20. The van der Waals surface area contributed by atoms with Crippen LogP contribution in [-0.4, -0.2) is 25.4 Å². The van der Waals surface area contributed by atoms with Gasteiger partial charge in [0.15, 0.2) is 0 Å². The molecule has 20 heavy (non-hydrogen) atoms. The summed E-state index contributed by atoms with van der Waals surface area (Å²) in [6.07, 6.45) is 2.91. The Morgan fingerprint density at radius 3 is 2.60 bits per heavy atom. The molecular weight excluding hydrogens is 250 g/mol. The lowest BCUT2D eigenvalue weighted by molar-refractivity contribution is 0.0264. The van der Waals surface area contributed by atoms with Crippen LogP contribution in [0.3, 0.4) is 0 Å². The first-order valence-corrected chi connectivity index (χ1v) is 7.71. The number of rotatable bonds is 7. The molecule has 1 heterocycles. The van der Waals surface area contributed by atoms with Gasteiger partial charge in [0.05, 0.1) is 12.2 Å². The Labute approximate surface area is 122 Å². The zero-order chi connectivity index (χ0) is 14.4. The Hall–Kier alpha value is -1.06. The molecule has 0 radical (unpaired) electrons. The van der Waals surface area contributed by atoms with E-state index in [4.69, 9.17) is 9.47 Å². The number of nitrogens with one attached hydrogen (secondary N) is 1. The second-order valence-electron chi connectivity index (χ2n) is 6.13. The van der Waals surface area contributed by atoms with Crippen molar-refractivity contribution in [2.45, 2.75) is 52.4 Å². The van der Waals surface area contributed by atoms with Gasteiger partial charge in [-0.1, -0.05) is 26.0 Å². The first kappa shape index (κ1) is 15.3. The molecule has 1 aliphatic rings. The van der Waals surface area contributed by atoms with Gasteiger partial charge < -0.3 is 14.8 Å². The third-order valence-electron chi connectivity index (χ3n) is 3.56. The molecule has 3 heteroatoms. The summed E-state index contributed by atoms with van der Waals surface area (Å²) in [6.45, 7) is 9.19. The minimum absolute atomic E-state index is 0.261. The van der Waals surface area contributed by atoms with Crippen molar-refractivity contribution in [2.24, 2.45) is 5.92 Å². The van der Waals surface area contributed by atoms with Crippen LogP contribution >= 0.6 is 0 Å². The Morgan fingerprint density at radius 2 is 2.00 bits per heavy atom. The largest absolute Gasteiger partial charge is 0.491 e. The molecule has 1 fully saturated rings. The van der Waals surface area contributed by atoms with Crippen molar-refractivity contribution >= 4 is 0 Å². The van der Waals surface area contributed by atoms with E-state index in [1.807, 2.05) is 12.1 Å². The van der Waals surface area contributed by atoms with Gasteiger partial charge in [-0.3, -0.25) is 0 Å². The van der Waals surface area contributed by atoms with E-state index in [0.29, 0.717) is 18.6 Å². The molecule has 112 valence electrons. The predicted octanol–water partition coefficient (Wildman–Crippen LogP) is 3.38. The second-order valence-corrected chi connectivity index (χ2v) is 6.13. The van der Waals surface area contributed by atoms with Crippen LogP contribution in [0.25, 0.3) is 0 Å². The fourth-order valence-corrected chi connectivity index (χ4v) is 2.41. The van der Waals surface area contributed by atoms with Gasteiger partial charge in [0.25, 0.3) is 0 Å². The van der Waals surface area contributed by atoms with E-state index in [1.54, 1.807) is 0 Å². The van der Waals surface area contributed by atoms with Crippen LogP contribution < -0.4 is 10.1 Å². The van der Waals surface area contributed by atoms with Crippen molar-refractivity contribution in [3.05, 3.63) is 29.8 Å². The number of benzene rings is 1. The second kappa shape index (κ2) is 7.65. The lowest BCUT2D eigenvalue weighted by Gasteiger charge is -2.13. The number of ether oxygens (including phenoxy) is 2. The van der Waals surface area contributed by atoms with Crippen LogP contribution in [0.2, 0.25) is 0 Å². The molecule has 1 aromatic carbocycles. The molecule has 0 bridgehead atoms. The van der Waals surface area contributed by atoms with Crippen LogP contribution in [0.1, 0.15) is 39.2 Å². The molecule has 0 spiro atoms. The maximum absolute atomic E-state index is 5.79. The topological polar surface area (TPSA) is 30.5 Å². The van der Waals surface area contributed by atoms with E-state index in [0.717, 1.165) is 31.7 Å². The monoisotopic (exact) mass is 277 g/mol. The van der Waals surface area contributed by atoms with Gasteiger partial charge in [0.1, 0.15) is 12.4 Å². The van der Waals surface area contributed by atoms with Gasteiger partial charge in [-0.05, 0) is 49.9 Å². The molecule has 2 atom stereocenters. The van der Waals surface area contributed by atoms with Gasteiger partial charge in [-0.25, -0.2) is 0 Å². The van der Waals surface area contributed by atoms with Crippen molar-refractivity contribution in [3.8, 4) is 5.75 Å². The van der Waals surface area contributed by atoms with Crippen molar-refractivity contribution in [3.63, 3.8) is 0 Å². The zero-order valence-electron chi connectivity index (χ0n) is 12.9. The Morgan fingerprint density at radius 1 is 1.25 bits per heavy atom. The molecule has 2 rings (SSSR count). The minimum Gasteiger partial charge on any atom is -0.491 e. The van der Waals surface area contributed by atoms with Crippen molar-refractivity contribution < 1.29 is 9.47 Å². The van der Waals surface area contributed by atoms with Crippen molar-refractivity contribution in [1.82, 2.24) is 5.32 Å². The van der Waals surface area contributed by atoms with Crippen LogP contribution in [0.5, 0.6) is 5.75 Å². The van der Waals surface area contributed by atoms with Crippen molar-refractivity contribution in [1.29, 1.82) is 0 Å². The molecule has 1 saturated heterocycles. The standard InChI is InChI=1S/C17H27NO2/c1-13(2)10-18-11-15-5-8-16(9-6-15)19-12-17-7-4-14(3)20-17/h5-6,8-9,13-14,17-18H,4,7,10-12H2,1-3H3. The predicted molar refractivity (Wildman–Crippen MR) is 82.1 cm³/mol. The maximum atomic E-state index is 5.79. The number of hydrogen-bond acceptors (Lipinski definition) is 3. The summed E-state index contributed by atoms with van der Waals surface area (Å²) < 4.78 is 11.5. The van der Waals surface area contributed by atoms with Gasteiger partial charge in [-0.2, -0.15) is 0 Å². The molecule has 0 aromatic heterocycles. The van der Waals surface area contributed by atoms with Crippen LogP contribution in [-0.2, 0) is 11.3 Å². The zero-order valence-corrected chi connectivity index (χ0v) is 12.9. The summed E-state index contributed by atoms with van der Waals surface area (Å²) in [4.78, 5) is 0. The third kappa shape index (κ3) is 5.14. The summed E-state index contributed by atoms with van der Waals surface area (Å²) in [5.41, 5.74) is 1.30. The molecule has 3 nitrogen and oxygen atoms in total. The van der Waals surface area contributed by atoms with E-state index >= 15 is 0 Å². The van der Waals surface area contributed by atoms with Crippen LogP contribution in [0.15, 0.2) is 24.3 Å². The smallest absolute Gasteiger partial charge is 0.119 e. The fourth-order valence-electron chi connectivity index (χ4n) is 2.41. The van der Waals surface area contributed by atoms with E-state index < -0.39 is 0 Å². The molecule has 0 aliphatic carbocycles. The van der Waals surface area contributed by atoms with Gasteiger partial charge in [0, 0.05) is 6.54 Å². The highest BCUT2D eigenvalue weighted by molar-refractivity contribution is 5.27. The SMILES string of the molecule is CC(C)CNCc1ccc(OCC2CCC(C)O2)cc1. The molecule has 0 saturated carbocycles. The van der Waals surface area contributed by atoms with Crippen LogP contribution in [0, 0.1) is 5.92 Å². The first-order chi connectivity index (χ1) is 9.63. The Balaban J connectivity index is 1.71. The summed E-state index contributed by atoms with van der Waals surface area (Å²) in [5.74, 6) is 1.62. The van der Waals surface area contributed by atoms with Gasteiger partial charge >= 0.3 is 0 Å². The Kier molecular flexibility index (Phi) is 5.86. The first-order valence-electron chi connectivity index (χ1n) is 7.71. The van der Waals surface area contributed by atoms with Crippen LogP contribution in [0.4, 0.5) is 0 Å². The number of hydrogen-bond donors (Lipinski definition) is 1. The summed E-state index contributed by atoms with van der Waals surface area (Å²) in [7, 11) is 0. The van der Waals surface area contributed by atoms with E-state index in [-0.39, 0.29) is 6.10 Å². The molecule has 1 aliphatic heterocycles. The average Bonchev–Trinajstić information content (AvgIpc) is 2.83. The van der Waals surface area contributed by atoms with E-state index in [9.17, 15) is 0 Å². The molecule has 1 N–H and O–H groups in total. The van der Waals surface area contributed by atoms with Crippen molar-refractivity contribution in [2.75, 3.05) is 13.2 Å². The average molecular weight is 277 g/mol. The maximum Gasteiger partial charge on any atom is 0.119 e. The highest BCUT2D eigenvalue weighted by atomic mass is 16.5. The molecule has 1 aromatic rings. The lowest BCUT2D eigenvalue weighted by Crippen LogP contribution is -2.19. The molecule has 2 unspecified atom stereocenters. The molecule has 0 amide bonds. The third-order valence-corrected chi connectivity index (χ3v) is 3.56. The van der Waals surface area contributed by atoms with Gasteiger partial charge in [-0.15, -0.1) is 0 Å². The Bertz CT molecular complexity index is 388. The van der Waals surface area contributed by atoms with E-state index in [1.165, 1.54) is 5.56 Å². The quantitative estimate of drug-likeness (QED) is 0.829. The normalized spacial score (nSPS) is 22.4. The summed E-state index contributed by atoms with van der Waals surface area (Å²) in [5, 5.41) is 3.44. The van der Waals surface area contributed by atoms with E-state index in [2.05, 4.69) is 38.2 Å². The lowest BCUT2D eigenvalue weighted by atomic mass is 10.2. The summed E-state index contributed by atoms with van der Waals surface area (Å²) in [6, 6.07) is 8.34. The minimum atomic E-state index is 0.261. The highest BCUT2D eigenvalue weighted by Gasteiger charge is 2.22.